The first kappa shape index (κ1) is 27.3. The molecule has 14 heteroatoms. The minimum Gasteiger partial charge on any atom is -0.457 e. The molecule has 0 aliphatic heterocycles. The highest BCUT2D eigenvalue weighted by atomic mass is 32.2. The van der Waals surface area contributed by atoms with E-state index >= 15 is 0 Å². The number of sulfonamides is 1. The van der Waals surface area contributed by atoms with Gasteiger partial charge >= 0.3 is 7.75 Å². The maximum atomic E-state index is 12.8. The summed E-state index contributed by atoms with van der Waals surface area (Å²) in [5.74, 6) is 1.05. The predicted octanol–water partition coefficient (Wildman–Crippen LogP) is 4.08. The molecule has 0 bridgehead atoms. The van der Waals surface area contributed by atoms with Gasteiger partial charge in [-0.05, 0) is 55.8 Å². The van der Waals surface area contributed by atoms with E-state index in [9.17, 15) is 17.8 Å². The van der Waals surface area contributed by atoms with Gasteiger partial charge < -0.3 is 4.74 Å². The van der Waals surface area contributed by atoms with Gasteiger partial charge in [-0.3, -0.25) is 18.5 Å². The van der Waals surface area contributed by atoms with Crippen LogP contribution in [0.5, 0.6) is 11.5 Å². The Morgan fingerprint density at radius 2 is 1.68 bits per heavy atom. The van der Waals surface area contributed by atoms with E-state index in [1.165, 1.54) is 24.3 Å². The number of carbonyl (C=O) groups is 1. The molecule has 1 unspecified atom stereocenters. The first-order chi connectivity index (χ1) is 16.3. The number of para-hydroxylation sites is 1. The van der Waals surface area contributed by atoms with Crippen molar-refractivity contribution in [3.63, 3.8) is 0 Å². The average Bonchev–Trinajstić information content (AvgIpc) is 2.82. The number of carbonyl (C=O) groups excluding carboxylic acids is 1. The van der Waals surface area contributed by atoms with Crippen LogP contribution in [0.15, 0.2) is 64.6 Å². The molecule has 1 N–H and O–H groups in total. The van der Waals surface area contributed by atoms with Crippen molar-refractivity contribution in [2.75, 3.05) is 26.3 Å². The summed E-state index contributed by atoms with van der Waals surface area (Å²) < 4.78 is 57.2. The number of benzene rings is 2. The third-order valence-corrected chi connectivity index (χ3v) is 7.75. The van der Waals surface area contributed by atoms with Crippen molar-refractivity contribution in [1.29, 1.82) is 0 Å². The van der Waals surface area contributed by atoms with E-state index in [0.29, 0.717) is 11.5 Å². The van der Waals surface area contributed by atoms with Gasteiger partial charge in [-0.25, -0.2) is 17.7 Å². The van der Waals surface area contributed by atoms with Crippen LogP contribution in [0.3, 0.4) is 0 Å². The molecule has 2 rings (SSSR count). The number of nitrogens with zero attached hydrogens (tertiary/aromatic N) is 4. The summed E-state index contributed by atoms with van der Waals surface area (Å²) in [6, 6.07) is 13.6. The van der Waals surface area contributed by atoms with E-state index in [1.807, 2.05) is 18.2 Å². The van der Waals surface area contributed by atoms with Crippen LogP contribution in [-0.2, 0) is 28.4 Å². The standard InChI is InChI=1S/C20H26N5O7PS/c1-3-30-33(27,31-4-2)25(16-26)15-17(23-24-21)14-22-34(28,29)20-12-10-19(11-13-20)32-18-8-6-5-7-9-18/h5-13,16-17,22H,3-4,14-15H2,1-2H3. The fourth-order valence-electron chi connectivity index (χ4n) is 2.74. The molecule has 2 aromatic rings. The third kappa shape index (κ3) is 7.84. The lowest BCUT2D eigenvalue weighted by atomic mass is 10.3. The summed E-state index contributed by atoms with van der Waals surface area (Å²) in [4.78, 5) is 14.2. The average molecular weight is 511 g/mol. The number of amides is 1. The third-order valence-electron chi connectivity index (χ3n) is 4.26. The van der Waals surface area contributed by atoms with E-state index in [2.05, 4.69) is 14.7 Å². The minimum absolute atomic E-state index is 0.00438. The SMILES string of the molecule is CCOP(=O)(OCC)N(C=O)CC(CNS(=O)(=O)c1ccc(Oc2ccccc2)cc1)N=[N+]=[N-]. The molecule has 0 spiro atoms. The first-order valence-corrected chi connectivity index (χ1v) is 13.2. The van der Waals surface area contributed by atoms with Crippen molar-refractivity contribution in [1.82, 2.24) is 9.39 Å². The van der Waals surface area contributed by atoms with Gasteiger partial charge in [0.15, 0.2) is 0 Å². The van der Waals surface area contributed by atoms with Crippen LogP contribution in [0, 0.1) is 0 Å². The van der Waals surface area contributed by atoms with Gasteiger partial charge in [-0.15, -0.1) is 0 Å². The molecule has 12 nitrogen and oxygen atoms in total. The summed E-state index contributed by atoms with van der Waals surface area (Å²) in [5, 5.41) is 3.50. The molecule has 0 aliphatic carbocycles. The molecular formula is C20H26N5O7PS. The zero-order valence-corrected chi connectivity index (χ0v) is 20.4. The Morgan fingerprint density at radius 1 is 1.09 bits per heavy atom. The molecule has 0 fully saturated rings. The second-order valence-electron chi connectivity index (χ2n) is 6.63. The van der Waals surface area contributed by atoms with Gasteiger partial charge in [0, 0.05) is 18.0 Å². The molecule has 0 aromatic heterocycles. The smallest absolute Gasteiger partial charge is 0.437 e. The number of hydrogen-bond acceptors (Lipinski definition) is 8. The normalized spacial score (nSPS) is 12.4. The highest BCUT2D eigenvalue weighted by molar-refractivity contribution is 7.89. The molecule has 1 amide bonds. The lowest BCUT2D eigenvalue weighted by Crippen LogP contribution is -2.38. The Balaban J connectivity index is 2.09. The van der Waals surface area contributed by atoms with Crippen LogP contribution < -0.4 is 9.46 Å². The van der Waals surface area contributed by atoms with Crippen molar-refractivity contribution >= 4 is 24.2 Å². The van der Waals surface area contributed by atoms with E-state index in [1.54, 1.807) is 26.0 Å². The van der Waals surface area contributed by atoms with Gasteiger partial charge in [0.1, 0.15) is 11.5 Å². The van der Waals surface area contributed by atoms with Crippen molar-refractivity contribution in [3.8, 4) is 11.5 Å². The van der Waals surface area contributed by atoms with Crippen molar-refractivity contribution in [2.45, 2.75) is 24.8 Å². The number of hydrogen-bond donors (Lipinski definition) is 1. The van der Waals surface area contributed by atoms with Crippen molar-refractivity contribution in [3.05, 3.63) is 65.0 Å². The lowest BCUT2D eigenvalue weighted by Gasteiger charge is -2.28. The van der Waals surface area contributed by atoms with Crippen LogP contribution in [0.4, 0.5) is 0 Å². The largest absolute Gasteiger partial charge is 0.457 e. The Morgan fingerprint density at radius 3 is 2.21 bits per heavy atom. The number of rotatable bonds is 15. The fourth-order valence-corrected chi connectivity index (χ4v) is 5.34. The number of nitrogens with one attached hydrogen (secondary N) is 1. The van der Waals surface area contributed by atoms with Crippen LogP contribution in [0.2, 0.25) is 0 Å². The maximum Gasteiger partial charge on any atom is 0.437 e. The predicted molar refractivity (Wildman–Crippen MR) is 125 cm³/mol. The van der Waals surface area contributed by atoms with E-state index < -0.39 is 30.4 Å². The number of azide groups is 1. The van der Waals surface area contributed by atoms with Crippen LogP contribution in [0.25, 0.3) is 10.4 Å². The van der Waals surface area contributed by atoms with Gasteiger partial charge in [-0.1, -0.05) is 23.3 Å². The fraction of sp³-hybridized carbons (Fsp3) is 0.350. The Kier molecular flexibility index (Phi) is 10.5. The van der Waals surface area contributed by atoms with Crippen molar-refractivity contribution in [2.24, 2.45) is 5.11 Å². The molecule has 184 valence electrons. The topological polar surface area (TPSA) is 160 Å². The van der Waals surface area contributed by atoms with E-state index in [4.69, 9.17) is 19.3 Å². The van der Waals surface area contributed by atoms with Gasteiger partial charge in [0.2, 0.25) is 16.4 Å². The quantitative estimate of drug-likeness (QED) is 0.124. The molecular weight excluding hydrogens is 485 g/mol. The molecule has 1 atom stereocenters. The Hall–Kier alpha value is -2.92. The van der Waals surface area contributed by atoms with Crippen molar-refractivity contribution < 1.29 is 31.6 Å². The zero-order valence-electron chi connectivity index (χ0n) is 18.7. The molecule has 0 saturated heterocycles. The lowest BCUT2D eigenvalue weighted by molar-refractivity contribution is -0.115. The molecule has 0 aliphatic rings. The summed E-state index contributed by atoms with van der Waals surface area (Å²) >= 11 is 0. The summed E-state index contributed by atoms with van der Waals surface area (Å²) in [6.45, 7) is 2.40. The van der Waals surface area contributed by atoms with Gasteiger partial charge in [-0.2, -0.15) is 0 Å². The molecule has 0 heterocycles. The minimum atomic E-state index is -3.99. The van der Waals surface area contributed by atoms with Crippen LogP contribution in [-0.4, -0.2) is 51.8 Å². The Labute approximate surface area is 198 Å². The van der Waals surface area contributed by atoms with Gasteiger partial charge in [0.25, 0.3) is 0 Å². The molecule has 0 saturated carbocycles. The highest BCUT2D eigenvalue weighted by Crippen LogP contribution is 2.51. The summed E-state index contributed by atoms with van der Waals surface area (Å²) in [7, 11) is -7.96. The number of ether oxygens (including phenoxy) is 1. The zero-order chi connectivity index (χ0) is 25.0. The molecule has 0 radical (unpaired) electrons. The molecule has 34 heavy (non-hydrogen) atoms. The maximum absolute atomic E-state index is 12.8. The molecule has 2 aromatic carbocycles. The van der Waals surface area contributed by atoms with Crippen LogP contribution in [0.1, 0.15) is 13.8 Å². The monoisotopic (exact) mass is 511 g/mol. The summed E-state index contributed by atoms with van der Waals surface area (Å²) in [6.07, 6.45) is 0.242. The van der Waals surface area contributed by atoms with Crippen LogP contribution >= 0.6 is 7.75 Å². The highest BCUT2D eigenvalue weighted by Gasteiger charge is 2.34. The summed E-state index contributed by atoms with van der Waals surface area (Å²) in [5.41, 5.74) is 8.86. The van der Waals surface area contributed by atoms with E-state index in [0.717, 1.165) is 4.67 Å². The Bertz CT molecular complexity index is 1120. The van der Waals surface area contributed by atoms with E-state index in [-0.39, 0.29) is 31.1 Å². The van der Waals surface area contributed by atoms with Gasteiger partial charge in [0.05, 0.1) is 24.2 Å². The first-order valence-electron chi connectivity index (χ1n) is 10.3. The second-order valence-corrected chi connectivity index (χ2v) is 10.4. The second kappa shape index (κ2) is 13.1.